The minimum atomic E-state index is -0.136. The molecule has 0 aromatic carbocycles. The van der Waals surface area contributed by atoms with Gasteiger partial charge >= 0.3 is 0 Å². The lowest BCUT2D eigenvalue weighted by molar-refractivity contribution is -0.120. The summed E-state index contributed by atoms with van der Waals surface area (Å²) in [6.07, 6.45) is 4.41. The molecule has 3 N–H and O–H groups in total. The molecule has 0 bridgehead atoms. The maximum absolute atomic E-state index is 11.6. The minimum absolute atomic E-state index is 0. The Balaban J connectivity index is 0.00000242. The van der Waals surface area contributed by atoms with Gasteiger partial charge in [0.25, 0.3) is 0 Å². The number of amides is 1. The predicted octanol–water partition coefficient (Wildman–Crippen LogP) is 1.73. The third-order valence-corrected chi connectivity index (χ3v) is 4.05. The first-order valence-electron chi connectivity index (χ1n) is 7.73. The molecule has 2 rings (SSSR count). The number of carbonyl (C=O) groups is 1. The highest BCUT2D eigenvalue weighted by molar-refractivity contribution is 5.85. The number of hydrogen-bond donors (Lipinski definition) is 2. The van der Waals surface area contributed by atoms with E-state index in [1.165, 1.54) is 0 Å². The average molecular weight is 330 g/mol. The molecule has 0 spiro atoms. The Morgan fingerprint density at radius 1 is 1.32 bits per heavy atom. The summed E-state index contributed by atoms with van der Waals surface area (Å²) in [5.74, 6) is 1.95. The Kier molecular flexibility index (Phi) is 6.38. The number of carbonyl (C=O) groups excluding carboxylic acids is 1. The number of likely N-dealkylation sites (N-methyl/N-ethyl adjacent to an activating group) is 1. The summed E-state index contributed by atoms with van der Waals surface area (Å²) in [5, 5.41) is 7.20. The summed E-state index contributed by atoms with van der Waals surface area (Å²) in [6.45, 7) is 6.34. The van der Waals surface area contributed by atoms with Crippen LogP contribution in [0.3, 0.4) is 0 Å². The summed E-state index contributed by atoms with van der Waals surface area (Å²) < 4.78 is 1.99. The number of rotatable bonds is 3. The van der Waals surface area contributed by atoms with Crippen LogP contribution < -0.4 is 11.1 Å². The third kappa shape index (κ3) is 4.43. The van der Waals surface area contributed by atoms with Crippen LogP contribution in [0.2, 0.25) is 0 Å². The second-order valence-electron chi connectivity index (χ2n) is 6.93. The van der Waals surface area contributed by atoms with Gasteiger partial charge in [0.1, 0.15) is 5.82 Å². The minimum Gasteiger partial charge on any atom is -0.359 e. The summed E-state index contributed by atoms with van der Waals surface area (Å²) >= 11 is 0. The van der Waals surface area contributed by atoms with Crippen molar-refractivity contribution in [1.82, 2.24) is 20.1 Å². The van der Waals surface area contributed by atoms with Gasteiger partial charge in [-0.25, -0.2) is 9.67 Å². The monoisotopic (exact) mass is 329 g/mol. The molecule has 126 valence electrons. The summed E-state index contributed by atoms with van der Waals surface area (Å²) in [7, 11) is 1.63. The van der Waals surface area contributed by atoms with Gasteiger partial charge < -0.3 is 11.1 Å². The highest BCUT2D eigenvalue weighted by Gasteiger charge is 2.29. The first kappa shape index (κ1) is 18.9. The summed E-state index contributed by atoms with van der Waals surface area (Å²) in [5.41, 5.74) is 5.86. The average Bonchev–Trinajstić information content (AvgIpc) is 2.83. The molecule has 1 fully saturated rings. The lowest BCUT2D eigenvalue weighted by Gasteiger charge is -2.29. The van der Waals surface area contributed by atoms with E-state index in [4.69, 9.17) is 5.73 Å². The Morgan fingerprint density at radius 3 is 2.41 bits per heavy atom. The lowest BCUT2D eigenvalue weighted by Crippen LogP contribution is -2.30. The number of nitrogens with two attached hydrogens (primary N) is 1. The van der Waals surface area contributed by atoms with Gasteiger partial charge in [-0.2, -0.15) is 5.10 Å². The lowest BCUT2D eigenvalue weighted by atomic mass is 9.85. The fourth-order valence-corrected chi connectivity index (χ4v) is 2.81. The number of nitrogens with zero attached hydrogens (tertiary/aromatic N) is 3. The molecule has 1 heterocycles. The van der Waals surface area contributed by atoms with E-state index >= 15 is 0 Å². The Morgan fingerprint density at radius 2 is 1.91 bits per heavy atom. The number of halogens is 1. The summed E-state index contributed by atoms with van der Waals surface area (Å²) in [4.78, 5) is 16.2. The van der Waals surface area contributed by atoms with Crippen LogP contribution in [0.1, 0.15) is 64.0 Å². The highest BCUT2D eigenvalue weighted by Crippen LogP contribution is 2.33. The molecule has 0 saturated heterocycles. The number of aromatic nitrogens is 3. The van der Waals surface area contributed by atoms with E-state index in [0.717, 1.165) is 31.5 Å². The predicted molar refractivity (Wildman–Crippen MR) is 89.2 cm³/mol. The molecule has 1 amide bonds. The molecule has 1 saturated carbocycles. The Labute approximate surface area is 138 Å². The fourth-order valence-electron chi connectivity index (χ4n) is 2.81. The zero-order valence-electron chi connectivity index (χ0n) is 13.9. The summed E-state index contributed by atoms with van der Waals surface area (Å²) in [6, 6.07) is 0.317. The van der Waals surface area contributed by atoms with Gasteiger partial charge in [-0.3, -0.25) is 4.79 Å². The Hall–Kier alpha value is -1.14. The molecule has 7 heteroatoms. The molecule has 1 aromatic heterocycles. The van der Waals surface area contributed by atoms with Crippen molar-refractivity contribution in [3.8, 4) is 0 Å². The van der Waals surface area contributed by atoms with Crippen molar-refractivity contribution in [3.05, 3.63) is 11.6 Å². The molecular formula is C15H28ClN5O. The van der Waals surface area contributed by atoms with Crippen LogP contribution in [0, 0.1) is 0 Å². The van der Waals surface area contributed by atoms with Crippen molar-refractivity contribution in [2.24, 2.45) is 5.73 Å². The van der Waals surface area contributed by atoms with E-state index in [-0.39, 0.29) is 30.3 Å². The Bertz CT molecular complexity index is 501. The second-order valence-corrected chi connectivity index (χ2v) is 6.93. The van der Waals surface area contributed by atoms with E-state index in [2.05, 4.69) is 36.2 Å². The normalized spacial score (nSPS) is 22.0. The maximum Gasteiger partial charge on any atom is 0.227 e. The van der Waals surface area contributed by atoms with Crippen molar-refractivity contribution in [3.63, 3.8) is 0 Å². The smallest absolute Gasteiger partial charge is 0.227 e. The van der Waals surface area contributed by atoms with Crippen molar-refractivity contribution in [2.75, 3.05) is 7.05 Å². The third-order valence-electron chi connectivity index (χ3n) is 4.05. The van der Waals surface area contributed by atoms with E-state index in [9.17, 15) is 4.79 Å². The standard InChI is InChI=1S/C15H27N5O.ClH/c1-15(2,3)20-14(10-5-7-11(16)8-6-10)18-12(19-20)9-13(21)17-4;/h10-11H,5-9,16H2,1-4H3,(H,17,21);1H. The molecule has 22 heavy (non-hydrogen) atoms. The SMILES string of the molecule is CNC(=O)Cc1nc(C2CCC(N)CC2)n(C(C)(C)C)n1.Cl. The van der Waals surface area contributed by atoms with Crippen molar-refractivity contribution >= 4 is 18.3 Å². The number of hydrogen-bond acceptors (Lipinski definition) is 4. The molecule has 0 aliphatic heterocycles. The van der Waals surface area contributed by atoms with Crippen LogP contribution >= 0.6 is 12.4 Å². The molecule has 0 unspecified atom stereocenters. The zero-order chi connectivity index (χ0) is 15.6. The van der Waals surface area contributed by atoms with Gasteiger partial charge in [0.15, 0.2) is 5.82 Å². The van der Waals surface area contributed by atoms with Gasteiger partial charge in [-0.05, 0) is 46.5 Å². The quantitative estimate of drug-likeness (QED) is 0.884. The second kappa shape index (κ2) is 7.42. The van der Waals surface area contributed by atoms with E-state index < -0.39 is 0 Å². The molecule has 0 atom stereocenters. The molecule has 1 aliphatic carbocycles. The van der Waals surface area contributed by atoms with Crippen LogP contribution in [0.25, 0.3) is 0 Å². The van der Waals surface area contributed by atoms with Crippen LogP contribution in [-0.4, -0.2) is 33.8 Å². The van der Waals surface area contributed by atoms with Gasteiger partial charge in [0.05, 0.1) is 12.0 Å². The van der Waals surface area contributed by atoms with Crippen molar-refractivity contribution < 1.29 is 4.79 Å². The number of nitrogens with one attached hydrogen (secondary N) is 1. The van der Waals surface area contributed by atoms with Crippen LogP contribution in [0.15, 0.2) is 0 Å². The fraction of sp³-hybridized carbons (Fsp3) is 0.800. The maximum atomic E-state index is 11.6. The van der Waals surface area contributed by atoms with E-state index in [1.807, 2.05) is 4.68 Å². The van der Waals surface area contributed by atoms with Gasteiger partial charge in [0, 0.05) is 19.0 Å². The molecule has 1 aliphatic rings. The molecule has 1 aromatic rings. The first-order valence-corrected chi connectivity index (χ1v) is 7.73. The van der Waals surface area contributed by atoms with Gasteiger partial charge in [-0.15, -0.1) is 12.4 Å². The molecule has 0 radical (unpaired) electrons. The van der Waals surface area contributed by atoms with Crippen LogP contribution in [0.4, 0.5) is 0 Å². The topological polar surface area (TPSA) is 85.8 Å². The van der Waals surface area contributed by atoms with Crippen molar-refractivity contribution in [1.29, 1.82) is 0 Å². The molecular weight excluding hydrogens is 302 g/mol. The van der Waals surface area contributed by atoms with Gasteiger partial charge in [-0.1, -0.05) is 0 Å². The first-order chi connectivity index (χ1) is 9.81. The highest BCUT2D eigenvalue weighted by atomic mass is 35.5. The van der Waals surface area contributed by atoms with E-state index in [1.54, 1.807) is 7.05 Å². The van der Waals surface area contributed by atoms with Crippen molar-refractivity contribution in [2.45, 2.75) is 70.4 Å². The zero-order valence-corrected chi connectivity index (χ0v) is 14.7. The van der Waals surface area contributed by atoms with Gasteiger partial charge in [0.2, 0.25) is 5.91 Å². The van der Waals surface area contributed by atoms with Crippen LogP contribution in [-0.2, 0) is 16.8 Å². The van der Waals surface area contributed by atoms with E-state index in [0.29, 0.717) is 17.8 Å². The van der Waals surface area contributed by atoms with Crippen LogP contribution in [0.5, 0.6) is 0 Å². The molecule has 6 nitrogen and oxygen atoms in total. The largest absolute Gasteiger partial charge is 0.359 e.